The van der Waals surface area contributed by atoms with Gasteiger partial charge < -0.3 is 4.74 Å². The summed E-state index contributed by atoms with van der Waals surface area (Å²) in [5, 5.41) is 4.53. The lowest BCUT2D eigenvalue weighted by atomic mass is 9.98. The molecule has 0 saturated heterocycles. The molecule has 0 fully saturated rings. The van der Waals surface area contributed by atoms with E-state index < -0.39 is 26.1 Å². The molecular weight excluding hydrogens is 474 g/mol. The summed E-state index contributed by atoms with van der Waals surface area (Å²) < 4.78 is 59.7. The van der Waals surface area contributed by atoms with Crippen molar-refractivity contribution >= 4 is 31.4 Å². The fraction of sp³-hybridized carbons (Fsp3) is 0.208. The zero-order chi connectivity index (χ0) is 24.5. The Hall–Kier alpha value is -3.37. The first-order chi connectivity index (χ1) is 16.1. The van der Waals surface area contributed by atoms with Crippen LogP contribution in [0.1, 0.15) is 29.2 Å². The highest BCUT2D eigenvalue weighted by Gasteiger charge is 2.39. The Balaban J connectivity index is 1.81. The van der Waals surface area contributed by atoms with Crippen LogP contribution in [0.15, 0.2) is 82.8 Å². The van der Waals surface area contributed by atoms with Gasteiger partial charge in [0.15, 0.2) is 0 Å². The molecule has 1 unspecified atom stereocenters. The van der Waals surface area contributed by atoms with E-state index in [-0.39, 0.29) is 11.3 Å². The van der Waals surface area contributed by atoms with E-state index in [0.29, 0.717) is 28.3 Å². The third-order valence-electron chi connectivity index (χ3n) is 5.43. The molecule has 3 aromatic rings. The number of benzene rings is 3. The van der Waals surface area contributed by atoms with E-state index in [1.54, 1.807) is 54.6 Å². The molecule has 1 atom stereocenters. The van der Waals surface area contributed by atoms with Crippen LogP contribution in [-0.4, -0.2) is 40.3 Å². The van der Waals surface area contributed by atoms with Gasteiger partial charge in [-0.1, -0.05) is 48.0 Å². The molecule has 0 radical (unpaired) electrons. The second-order valence-corrected chi connectivity index (χ2v) is 11.6. The van der Waals surface area contributed by atoms with Gasteiger partial charge in [0.05, 0.1) is 30.0 Å². The molecule has 8 nitrogen and oxygen atoms in total. The van der Waals surface area contributed by atoms with Gasteiger partial charge in [0, 0.05) is 17.7 Å². The van der Waals surface area contributed by atoms with Gasteiger partial charge in [-0.3, -0.25) is 4.72 Å². The molecule has 1 N–H and O–H groups in total. The molecule has 0 saturated carbocycles. The second-order valence-electron chi connectivity index (χ2n) is 8.05. The molecule has 1 heterocycles. The number of nitrogens with one attached hydrogen (secondary N) is 1. The van der Waals surface area contributed by atoms with Crippen molar-refractivity contribution in [3.63, 3.8) is 0 Å². The smallest absolute Gasteiger partial charge is 0.279 e. The van der Waals surface area contributed by atoms with Crippen LogP contribution in [0.2, 0.25) is 0 Å². The van der Waals surface area contributed by atoms with Crippen LogP contribution in [-0.2, 0) is 20.0 Å². The van der Waals surface area contributed by atoms with E-state index in [4.69, 9.17) is 4.74 Å². The zero-order valence-electron chi connectivity index (χ0n) is 19.0. The van der Waals surface area contributed by atoms with Crippen molar-refractivity contribution in [2.24, 2.45) is 5.10 Å². The quantitative estimate of drug-likeness (QED) is 0.531. The van der Waals surface area contributed by atoms with E-state index in [1.165, 1.54) is 7.11 Å². The zero-order valence-corrected chi connectivity index (χ0v) is 20.6. The van der Waals surface area contributed by atoms with Crippen molar-refractivity contribution in [1.29, 1.82) is 0 Å². The molecule has 3 aromatic carbocycles. The molecule has 0 aromatic heterocycles. The fourth-order valence-electron chi connectivity index (χ4n) is 3.85. The van der Waals surface area contributed by atoms with Crippen LogP contribution in [0.4, 0.5) is 5.69 Å². The first kappa shape index (κ1) is 23.8. The molecule has 1 aliphatic heterocycles. The van der Waals surface area contributed by atoms with Gasteiger partial charge in [-0.15, -0.1) is 0 Å². The number of hydrazone groups is 1. The van der Waals surface area contributed by atoms with Crippen LogP contribution in [0.5, 0.6) is 5.75 Å². The van der Waals surface area contributed by atoms with E-state index in [2.05, 4.69) is 9.82 Å². The number of ether oxygens (including phenoxy) is 1. The minimum absolute atomic E-state index is 0.135. The lowest BCUT2D eigenvalue weighted by Crippen LogP contribution is -2.27. The van der Waals surface area contributed by atoms with Crippen LogP contribution in [0.25, 0.3) is 0 Å². The Morgan fingerprint density at radius 1 is 0.971 bits per heavy atom. The van der Waals surface area contributed by atoms with Crippen molar-refractivity contribution in [2.45, 2.75) is 24.3 Å². The Morgan fingerprint density at radius 2 is 1.68 bits per heavy atom. The number of rotatable bonds is 7. The van der Waals surface area contributed by atoms with Gasteiger partial charge in [-0.2, -0.15) is 17.9 Å². The SMILES string of the molecule is COc1ccccc1C1CC(c2cccc(NS(C)(=O)=O)c2)=NN1S(=O)(=O)c1ccc(C)cc1. The predicted octanol–water partition coefficient (Wildman–Crippen LogP) is 3.92. The molecule has 1 aliphatic rings. The maximum absolute atomic E-state index is 13.6. The molecule has 0 aliphatic carbocycles. The summed E-state index contributed by atoms with van der Waals surface area (Å²) in [4.78, 5) is 0.135. The molecular formula is C24H25N3O5S2. The molecule has 4 rings (SSSR count). The van der Waals surface area contributed by atoms with E-state index in [9.17, 15) is 16.8 Å². The number of anilines is 1. The minimum Gasteiger partial charge on any atom is -0.496 e. The fourth-order valence-corrected chi connectivity index (χ4v) is 5.83. The normalized spacial score (nSPS) is 16.3. The van der Waals surface area contributed by atoms with Crippen LogP contribution >= 0.6 is 0 Å². The Kier molecular flexibility index (Phi) is 6.37. The molecule has 178 valence electrons. The van der Waals surface area contributed by atoms with E-state index >= 15 is 0 Å². The van der Waals surface area contributed by atoms with E-state index in [0.717, 1.165) is 16.2 Å². The van der Waals surface area contributed by atoms with Crippen molar-refractivity contribution in [3.05, 3.63) is 89.5 Å². The minimum atomic E-state index is -3.98. The van der Waals surface area contributed by atoms with Gasteiger partial charge in [0.25, 0.3) is 10.0 Å². The van der Waals surface area contributed by atoms with Crippen molar-refractivity contribution in [3.8, 4) is 5.75 Å². The number of methoxy groups -OCH3 is 1. The molecule has 34 heavy (non-hydrogen) atoms. The third-order valence-corrected chi connectivity index (χ3v) is 7.74. The highest BCUT2D eigenvalue weighted by atomic mass is 32.2. The van der Waals surface area contributed by atoms with Gasteiger partial charge in [-0.05, 0) is 42.8 Å². The summed E-state index contributed by atoms with van der Waals surface area (Å²) in [6.45, 7) is 1.89. The summed E-state index contributed by atoms with van der Waals surface area (Å²) in [6, 6.07) is 19.9. The van der Waals surface area contributed by atoms with Gasteiger partial charge >= 0.3 is 0 Å². The Labute approximate surface area is 200 Å². The van der Waals surface area contributed by atoms with Gasteiger partial charge in [0.1, 0.15) is 5.75 Å². The molecule has 10 heteroatoms. The highest BCUT2D eigenvalue weighted by Crippen LogP contribution is 2.40. The maximum atomic E-state index is 13.6. The molecule has 0 bridgehead atoms. The number of nitrogens with zero attached hydrogens (tertiary/aromatic N) is 2. The summed E-state index contributed by atoms with van der Waals surface area (Å²) in [5.74, 6) is 0.556. The largest absolute Gasteiger partial charge is 0.496 e. The topological polar surface area (TPSA) is 105 Å². The third kappa shape index (κ3) is 4.92. The number of hydrogen-bond donors (Lipinski definition) is 1. The van der Waals surface area contributed by atoms with E-state index in [1.807, 2.05) is 25.1 Å². The number of hydrogen-bond acceptors (Lipinski definition) is 6. The standard InChI is InChI=1S/C24H25N3O5S2/c1-17-11-13-20(14-12-17)34(30,31)27-23(21-9-4-5-10-24(21)32-2)16-22(25-27)18-7-6-8-19(15-18)26-33(3,28)29/h4-15,23,26H,16H2,1-3H3. The van der Waals surface area contributed by atoms with Crippen LogP contribution < -0.4 is 9.46 Å². The van der Waals surface area contributed by atoms with Gasteiger partial charge in [-0.25, -0.2) is 8.42 Å². The number of aryl methyl sites for hydroxylation is 1. The number of sulfonamides is 2. The summed E-state index contributed by atoms with van der Waals surface area (Å²) >= 11 is 0. The second kappa shape index (κ2) is 9.11. The van der Waals surface area contributed by atoms with Gasteiger partial charge in [0.2, 0.25) is 10.0 Å². The highest BCUT2D eigenvalue weighted by molar-refractivity contribution is 7.92. The lowest BCUT2D eigenvalue weighted by Gasteiger charge is -2.24. The first-order valence-electron chi connectivity index (χ1n) is 10.5. The summed E-state index contributed by atoms with van der Waals surface area (Å²) in [7, 11) is -5.91. The van der Waals surface area contributed by atoms with Crippen molar-refractivity contribution < 1.29 is 21.6 Å². The molecule has 0 amide bonds. The average molecular weight is 500 g/mol. The average Bonchev–Trinajstić information content (AvgIpc) is 3.25. The lowest BCUT2D eigenvalue weighted by molar-refractivity contribution is 0.350. The maximum Gasteiger partial charge on any atom is 0.279 e. The molecule has 0 spiro atoms. The monoisotopic (exact) mass is 499 g/mol. The van der Waals surface area contributed by atoms with Crippen molar-refractivity contribution in [2.75, 3.05) is 18.1 Å². The summed E-state index contributed by atoms with van der Waals surface area (Å²) in [5.41, 5.74) is 3.14. The number of para-hydroxylation sites is 1. The Morgan fingerprint density at radius 3 is 2.35 bits per heavy atom. The summed E-state index contributed by atoms with van der Waals surface area (Å²) in [6.07, 6.45) is 1.36. The van der Waals surface area contributed by atoms with Crippen molar-refractivity contribution in [1.82, 2.24) is 4.41 Å². The first-order valence-corrected chi connectivity index (χ1v) is 13.8. The Bertz CT molecular complexity index is 1450. The van der Waals surface area contributed by atoms with Crippen LogP contribution in [0.3, 0.4) is 0 Å². The predicted molar refractivity (Wildman–Crippen MR) is 132 cm³/mol. The van der Waals surface area contributed by atoms with Crippen LogP contribution in [0, 0.1) is 6.92 Å².